The number of aliphatic hydroxyl groups is 2. The summed E-state index contributed by atoms with van der Waals surface area (Å²) in [5.41, 5.74) is 0.318. The number of likely N-dealkylation sites (N-methyl/N-ethyl adjacent to an activating group) is 1. The van der Waals surface area contributed by atoms with Crippen LogP contribution in [-0.4, -0.2) is 134 Å². The molecule has 1 aliphatic heterocycles. The molecule has 6 saturated carbocycles. The fraction of sp³-hybridized carbons (Fsp3) is 0.955. The fourth-order valence-electron chi connectivity index (χ4n) is 13.0. The summed E-state index contributed by atoms with van der Waals surface area (Å²) in [5.74, 6) is 2.41. The van der Waals surface area contributed by atoms with E-state index >= 15 is 0 Å². The van der Waals surface area contributed by atoms with Gasteiger partial charge in [0, 0.05) is 56.1 Å². The van der Waals surface area contributed by atoms with Crippen LogP contribution in [0.15, 0.2) is 0 Å². The Morgan fingerprint density at radius 2 is 1.69 bits per heavy atom. The maximum atomic E-state index is 14.4. The molecule has 0 aromatic rings. The van der Waals surface area contributed by atoms with E-state index in [4.69, 9.17) is 9.57 Å². The fourth-order valence-corrected chi connectivity index (χ4v) is 13.0. The molecular weight excluding hydrogens is 695 g/mol. The molecule has 6 aliphatic carbocycles. The van der Waals surface area contributed by atoms with Gasteiger partial charge in [-0.3, -0.25) is 14.4 Å². The Bertz CT molecular complexity index is 1270. The highest BCUT2D eigenvalue weighted by atomic mass is 16.7. The lowest BCUT2D eigenvalue weighted by Crippen LogP contribution is -2.62. The number of hydrogen-bond donors (Lipinski definition) is 4. The number of rotatable bonds is 14. The minimum Gasteiger partial charge on any atom is -0.394 e. The molecule has 7 fully saturated rings. The van der Waals surface area contributed by atoms with Crippen molar-refractivity contribution in [1.29, 1.82) is 0 Å². The second-order valence-corrected chi connectivity index (χ2v) is 20.4. The SMILES string of the molecule is COC1C(CN2O[C@@H](CO)[C@@H]([C@H](C)O)[C@H]2C(=O)N[C@@H]2C[C@H]3C[C@@H]([C@@H]2C)C3(C)C)CCCC1C1CC(C(=O)N[C@H](CN(C)C)C2CCCCC2)CC(N(C)C)C1. The van der Waals surface area contributed by atoms with Gasteiger partial charge in [0.05, 0.1) is 18.8 Å². The van der Waals surface area contributed by atoms with E-state index in [2.05, 4.69) is 69.4 Å². The summed E-state index contributed by atoms with van der Waals surface area (Å²) in [6, 6.07) is -0.0972. The summed E-state index contributed by atoms with van der Waals surface area (Å²) >= 11 is 0. The van der Waals surface area contributed by atoms with Crippen molar-refractivity contribution in [3.8, 4) is 0 Å². The predicted octanol–water partition coefficient (Wildman–Crippen LogP) is 4.55. The van der Waals surface area contributed by atoms with Crippen molar-refractivity contribution < 1.29 is 29.4 Å². The summed E-state index contributed by atoms with van der Waals surface area (Å²) in [4.78, 5) is 39.6. The molecule has 2 bridgehead atoms. The van der Waals surface area contributed by atoms with Gasteiger partial charge in [-0.25, -0.2) is 0 Å². The number of methoxy groups -OCH3 is 1. The van der Waals surface area contributed by atoms with Crippen LogP contribution in [0.1, 0.15) is 111 Å². The van der Waals surface area contributed by atoms with Gasteiger partial charge in [-0.1, -0.05) is 46.5 Å². The Morgan fingerprint density at radius 3 is 2.29 bits per heavy atom. The smallest absolute Gasteiger partial charge is 0.240 e. The molecule has 4 N–H and O–H groups in total. The number of hydrogen-bond acceptors (Lipinski definition) is 9. The summed E-state index contributed by atoms with van der Waals surface area (Å²) in [7, 11) is 10.4. The van der Waals surface area contributed by atoms with E-state index in [0.717, 1.165) is 51.5 Å². The largest absolute Gasteiger partial charge is 0.394 e. The Labute approximate surface area is 333 Å². The van der Waals surface area contributed by atoms with Gasteiger partial charge in [0.1, 0.15) is 12.1 Å². The number of fused-ring (bicyclic) bond motifs is 2. The van der Waals surface area contributed by atoms with Crippen LogP contribution in [0.5, 0.6) is 0 Å². The van der Waals surface area contributed by atoms with Gasteiger partial charge in [-0.05, 0) is 134 Å². The third kappa shape index (κ3) is 9.28. The van der Waals surface area contributed by atoms with E-state index < -0.39 is 24.2 Å². The van der Waals surface area contributed by atoms with Gasteiger partial charge in [-0.15, -0.1) is 0 Å². The molecule has 316 valence electrons. The van der Waals surface area contributed by atoms with E-state index in [1.54, 1.807) is 12.0 Å². The molecule has 2 amide bonds. The van der Waals surface area contributed by atoms with Crippen LogP contribution in [0.25, 0.3) is 0 Å². The van der Waals surface area contributed by atoms with Crippen molar-refractivity contribution in [2.24, 2.45) is 58.7 Å². The molecule has 11 heteroatoms. The van der Waals surface area contributed by atoms with Gasteiger partial charge >= 0.3 is 0 Å². The molecule has 11 nitrogen and oxygen atoms in total. The number of carbonyl (C=O) groups excluding carboxylic acids is 2. The van der Waals surface area contributed by atoms with Gasteiger partial charge in [0.25, 0.3) is 0 Å². The lowest BCUT2D eigenvalue weighted by Gasteiger charge is -2.62. The third-order valence-electron chi connectivity index (χ3n) is 16.3. The van der Waals surface area contributed by atoms with Gasteiger partial charge < -0.3 is 35.4 Å². The molecule has 7 aliphatic rings. The average molecular weight is 774 g/mol. The zero-order valence-corrected chi connectivity index (χ0v) is 35.9. The molecule has 55 heavy (non-hydrogen) atoms. The minimum absolute atomic E-state index is 0.0387. The van der Waals surface area contributed by atoms with Crippen molar-refractivity contribution in [1.82, 2.24) is 25.5 Å². The highest BCUT2D eigenvalue weighted by Gasteiger charge is 2.58. The average Bonchev–Trinajstić information content (AvgIpc) is 3.53. The van der Waals surface area contributed by atoms with Crippen molar-refractivity contribution in [2.45, 2.75) is 154 Å². The number of nitrogens with one attached hydrogen (secondary N) is 2. The van der Waals surface area contributed by atoms with E-state index in [1.807, 2.05) is 7.11 Å². The molecule has 0 aromatic carbocycles. The molecule has 6 unspecified atom stereocenters. The molecule has 1 saturated heterocycles. The Morgan fingerprint density at radius 1 is 0.964 bits per heavy atom. The van der Waals surface area contributed by atoms with Crippen LogP contribution in [0.4, 0.5) is 0 Å². The van der Waals surface area contributed by atoms with Crippen LogP contribution in [0.2, 0.25) is 0 Å². The number of ether oxygens (including phenoxy) is 1. The minimum atomic E-state index is -0.824. The lowest BCUT2D eigenvalue weighted by atomic mass is 9.45. The highest BCUT2D eigenvalue weighted by molar-refractivity contribution is 5.83. The monoisotopic (exact) mass is 774 g/mol. The number of hydroxylamine groups is 2. The second kappa shape index (κ2) is 18.3. The first kappa shape index (κ1) is 43.2. The van der Waals surface area contributed by atoms with Crippen LogP contribution in [-0.2, 0) is 19.2 Å². The van der Waals surface area contributed by atoms with Crippen LogP contribution in [0.3, 0.4) is 0 Å². The summed E-state index contributed by atoms with van der Waals surface area (Å²) in [6.07, 6.45) is 12.7. The predicted molar refractivity (Wildman–Crippen MR) is 216 cm³/mol. The topological polar surface area (TPSA) is 127 Å². The zero-order chi connectivity index (χ0) is 39.8. The lowest BCUT2D eigenvalue weighted by molar-refractivity contribution is -0.193. The quantitative estimate of drug-likeness (QED) is 0.201. The van der Waals surface area contributed by atoms with Gasteiger partial charge in [-0.2, -0.15) is 5.06 Å². The highest BCUT2D eigenvalue weighted by Crippen LogP contribution is 2.61. The zero-order valence-electron chi connectivity index (χ0n) is 35.9. The van der Waals surface area contributed by atoms with Crippen molar-refractivity contribution in [2.75, 3.05) is 55.0 Å². The van der Waals surface area contributed by atoms with Gasteiger partial charge in [0.2, 0.25) is 11.8 Å². The molecule has 7 rings (SSSR count). The summed E-state index contributed by atoms with van der Waals surface area (Å²) in [6.45, 7) is 9.84. The maximum absolute atomic E-state index is 14.4. The van der Waals surface area contributed by atoms with Crippen LogP contribution >= 0.6 is 0 Å². The van der Waals surface area contributed by atoms with Crippen LogP contribution in [0, 0.1) is 58.7 Å². The van der Waals surface area contributed by atoms with Crippen LogP contribution < -0.4 is 10.6 Å². The van der Waals surface area contributed by atoms with Crippen molar-refractivity contribution >= 4 is 11.8 Å². The van der Waals surface area contributed by atoms with E-state index in [9.17, 15) is 19.8 Å². The number of aliphatic hydroxyl groups excluding tert-OH is 2. The Kier molecular flexibility index (Phi) is 14.4. The maximum Gasteiger partial charge on any atom is 0.240 e. The Hall–Kier alpha value is -1.34. The second-order valence-electron chi connectivity index (χ2n) is 20.4. The first-order valence-corrected chi connectivity index (χ1v) is 22.3. The van der Waals surface area contributed by atoms with Crippen molar-refractivity contribution in [3.05, 3.63) is 0 Å². The first-order valence-electron chi connectivity index (χ1n) is 22.3. The number of nitrogens with zero attached hydrogens (tertiary/aromatic N) is 3. The number of carbonyl (C=O) groups is 2. The molecular formula is C44H79N5O6. The molecule has 0 radical (unpaired) electrons. The Balaban J connectivity index is 1.16. The van der Waals surface area contributed by atoms with Gasteiger partial charge in [0.15, 0.2) is 0 Å². The standard InChI is InChI=1S/C44H79N5O6/c1-26-35-21-32(44(35,3)4)22-36(26)45-43(53)40-39(27(2)51)38(25-50)55-49(40)23-29-16-13-17-34(41(29)54-9)30-18-31(20-33(19-30)48(7)8)42(52)46-37(24-47(5)6)28-14-11-10-12-15-28/h26-41,50-51H,10-25H2,1-9H3,(H,45,53)(H,46,52)/t26-,27-,29?,30?,31?,32+,33?,34?,35-,36+,37+,38-,39+,40-,41?/m0/s1. The molecule has 15 atom stereocenters. The first-order chi connectivity index (χ1) is 26.1. The number of amides is 2. The third-order valence-corrected chi connectivity index (χ3v) is 16.3. The molecule has 0 spiro atoms. The summed E-state index contributed by atoms with van der Waals surface area (Å²) in [5, 5.41) is 30.3. The molecule has 0 aromatic heterocycles. The van der Waals surface area contributed by atoms with E-state index in [0.29, 0.717) is 47.6 Å². The summed E-state index contributed by atoms with van der Waals surface area (Å²) < 4.78 is 6.45. The van der Waals surface area contributed by atoms with E-state index in [-0.39, 0.29) is 54.4 Å². The normalized spacial score (nSPS) is 40.8. The molecule has 1 heterocycles. The van der Waals surface area contributed by atoms with E-state index in [1.165, 1.54) is 38.5 Å². The van der Waals surface area contributed by atoms with Crippen molar-refractivity contribution in [3.63, 3.8) is 0 Å².